The van der Waals surface area contributed by atoms with Gasteiger partial charge in [0.2, 0.25) is 0 Å². The molecule has 2 rings (SSSR count). The van der Waals surface area contributed by atoms with Crippen LogP contribution in [-0.2, 0) is 0 Å². The molecule has 1 aromatic rings. The van der Waals surface area contributed by atoms with E-state index in [2.05, 4.69) is 29.1 Å². The topological polar surface area (TPSA) is 80.9 Å². The highest BCUT2D eigenvalue weighted by Gasteiger charge is 2.21. The Hall–Kier alpha value is -1.65. The molecule has 1 saturated carbocycles. The minimum absolute atomic E-state index is 0.212. The fourth-order valence-electron chi connectivity index (χ4n) is 2.90. The molecule has 1 amide bonds. The molecule has 0 aromatic carbocycles. The Bertz CT molecular complexity index is 461. The molecule has 2 atom stereocenters. The summed E-state index contributed by atoms with van der Waals surface area (Å²) in [4.78, 5) is 19.3. The minimum Gasteiger partial charge on any atom is -0.366 e. The number of anilines is 1. The lowest BCUT2D eigenvalue weighted by atomic mass is 9.89. The zero-order valence-electron chi connectivity index (χ0n) is 12.3. The van der Waals surface area contributed by atoms with Crippen LogP contribution in [0.25, 0.3) is 0 Å². The molecular weight excluding hydrogens is 252 g/mol. The number of nitrogens with one attached hydrogen (secondary N) is 1. The van der Waals surface area contributed by atoms with E-state index < -0.39 is 5.91 Å². The Balaban J connectivity index is 1.96. The first kappa shape index (κ1) is 14.8. The molecule has 0 saturated heterocycles. The summed E-state index contributed by atoms with van der Waals surface area (Å²) < 4.78 is 0. The van der Waals surface area contributed by atoms with Gasteiger partial charge in [0.05, 0.1) is 12.4 Å². The van der Waals surface area contributed by atoms with Gasteiger partial charge in [0.15, 0.2) is 0 Å². The number of carbonyl (C=O) groups excluding carboxylic acids is 1. The zero-order chi connectivity index (χ0) is 14.5. The molecular formula is C15H24N4O. The second-order valence-electron chi connectivity index (χ2n) is 6.01. The molecule has 1 heterocycles. The lowest BCUT2D eigenvalue weighted by molar-refractivity contribution is 0.0995. The number of carbonyl (C=O) groups is 1. The van der Waals surface area contributed by atoms with Crippen molar-refractivity contribution in [1.29, 1.82) is 0 Å². The number of nitrogens with two attached hydrogens (primary N) is 1. The van der Waals surface area contributed by atoms with Crippen LogP contribution in [-0.4, -0.2) is 21.9 Å². The second kappa shape index (κ2) is 6.68. The van der Waals surface area contributed by atoms with Gasteiger partial charge in [-0.2, -0.15) is 0 Å². The Morgan fingerprint density at radius 2 is 2.10 bits per heavy atom. The molecule has 5 heteroatoms. The van der Waals surface area contributed by atoms with Crippen LogP contribution in [0.1, 0.15) is 56.4 Å². The van der Waals surface area contributed by atoms with Crippen LogP contribution < -0.4 is 11.1 Å². The third kappa shape index (κ3) is 3.92. The molecule has 2 unspecified atom stereocenters. The maximum Gasteiger partial charge on any atom is 0.268 e. The number of hydrogen-bond donors (Lipinski definition) is 2. The van der Waals surface area contributed by atoms with Crippen molar-refractivity contribution in [3.63, 3.8) is 0 Å². The van der Waals surface area contributed by atoms with Crippen LogP contribution in [0.4, 0.5) is 5.82 Å². The van der Waals surface area contributed by atoms with Gasteiger partial charge < -0.3 is 11.1 Å². The number of nitrogens with zero attached hydrogens (tertiary/aromatic N) is 2. The number of aromatic nitrogens is 2. The van der Waals surface area contributed by atoms with Gasteiger partial charge in [-0.3, -0.25) is 9.78 Å². The highest BCUT2D eigenvalue weighted by molar-refractivity contribution is 5.90. The highest BCUT2D eigenvalue weighted by atomic mass is 16.1. The normalized spacial score (nSPS) is 23.4. The van der Waals surface area contributed by atoms with Crippen LogP contribution in [0.2, 0.25) is 0 Å². The first-order valence-corrected chi connectivity index (χ1v) is 7.44. The van der Waals surface area contributed by atoms with Crippen LogP contribution in [0.5, 0.6) is 0 Å². The van der Waals surface area contributed by atoms with Crippen molar-refractivity contribution in [3.05, 3.63) is 18.1 Å². The SMILES string of the molecule is CC(C)C1CCCC(Nc2cncc(C(N)=O)n2)CC1. The molecule has 20 heavy (non-hydrogen) atoms. The summed E-state index contributed by atoms with van der Waals surface area (Å²) >= 11 is 0. The van der Waals surface area contributed by atoms with Gasteiger partial charge in [-0.25, -0.2) is 4.98 Å². The summed E-state index contributed by atoms with van der Waals surface area (Å²) in [6.45, 7) is 4.61. The summed E-state index contributed by atoms with van der Waals surface area (Å²) in [7, 11) is 0. The zero-order valence-corrected chi connectivity index (χ0v) is 12.3. The summed E-state index contributed by atoms with van der Waals surface area (Å²) in [5, 5.41) is 3.39. The number of rotatable bonds is 4. The average molecular weight is 276 g/mol. The van der Waals surface area contributed by atoms with Gasteiger partial charge >= 0.3 is 0 Å². The lowest BCUT2D eigenvalue weighted by Crippen LogP contribution is -2.21. The summed E-state index contributed by atoms with van der Waals surface area (Å²) in [6.07, 6.45) is 9.13. The Kier molecular flexibility index (Phi) is 4.93. The van der Waals surface area contributed by atoms with E-state index in [1.807, 2.05) is 0 Å². The smallest absolute Gasteiger partial charge is 0.268 e. The first-order valence-electron chi connectivity index (χ1n) is 7.44. The highest BCUT2D eigenvalue weighted by Crippen LogP contribution is 2.29. The van der Waals surface area contributed by atoms with Crippen LogP contribution in [0.3, 0.4) is 0 Å². The van der Waals surface area contributed by atoms with Crippen LogP contribution >= 0.6 is 0 Å². The molecule has 110 valence electrons. The molecule has 0 bridgehead atoms. The standard InChI is InChI=1S/C15H24N4O/c1-10(2)11-4-3-5-12(7-6-11)18-14-9-17-8-13(19-14)15(16)20/h8-12H,3-7H2,1-2H3,(H2,16,20)(H,18,19). The van der Waals surface area contributed by atoms with Crippen molar-refractivity contribution >= 4 is 11.7 Å². The van der Waals surface area contributed by atoms with Crippen molar-refractivity contribution in [3.8, 4) is 0 Å². The van der Waals surface area contributed by atoms with Crippen LogP contribution in [0, 0.1) is 11.8 Å². The average Bonchev–Trinajstić information content (AvgIpc) is 2.65. The molecule has 3 N–H and O–H groups in total. The summed E-state index contributed by atoms with van der Waals surface area (Å²) in [5.74, 6) is 1.69. The third-order valence-corrected chi connectivity index (χ3v) is 4.20. The van der Waals surface area contributed by atoms with Crippen LogP contribution in [0.15, 0.2) is 12.4 Å². The van der Waals surface area contributed by atoms with Gasteiger partial charge in [-0.1, -0.05) is 26.7 Å². The van der Waals surface area contributed by atoms with Crippen molar-refractivity contribution in [2.45, 2.75) is 52.0 Å². The second-order valence-corrected chi connectivity index (χ2v) is 6.01. The maximum atomic E-state index is 11.1. The van der Waals surface area contributed by atoms with E-state index >= 15 is 0 Å². The van der Waals surface area contributed by atoms with E-state index in [1.54, 1.807) is 6.20 Å². The fourth-order valence-corrected chi connectivity index (χ4v) is 2.90. The van der Waals surface area contributed by atoms with Crippen molar-refractivity contribution in [2.75, 3.05) is 5.32 Å². The first-order chi connectivity index (χ1) is 9.56. The largest absolute Gasteiger partial charge is 0.366 e. The predicted molar refractivity (Wildman–Crippen MR) is 79.4 cm³/mol. The van der Waals surface area contributed by atoms with E-state index in [4.69, 9.17) is 5.73 Å². The van der Waals surface area contributed by atoms with Gasteiger partial charge in [-0.05, 0) is 31.1 Å². The van der Waals surface area contributed by atoms with E-state index in [0.29, 0.717) is 11.9 Å². The van der Waals surface area contributed by atoms with Crippen molar-refractivity contribution in [2.24, 2.45) is 17.6 Å². The molecule has 1 aliphatic carbocycles. The number of primary amides is 1. The van der Waals surface area contributed by atoms with Gasteiger partial charge in [0.1, 0.15) is 11.5 Å². The van der Waals surface area contributed by atoms with E-state index in [1.165, 1.54) is 25.5 Å². The van der Waals surface area contributed by atoms with E-state index in [-0.39, 0.29) is 5.69 Å². The van der Waals surface area contributed by atoms with E-state index in [9.17, 15) is 4.79 Å². The van der Waals surface area contributed by atoms with Gasteiger partial charge in [0.25, 0.3) is 5.91 Å². The minimum atomic E-state index is -0.540. The molecule has 0 spiro atoms. The third-order valence-electron chi connectivity index (χ3n) is 4.20. The quantitative estimate of drug-likeness (QED) is 0.828. The molecule has 1 aromatic heterocycles. The van der Waals surface area contributed by atoms with Crippen molar-refractivity contribution < 1.29 is 4.79 Å². The molecule has 5 nitrogen and oxygen atoms in total. The van der Waals surface area contributed by atoms with Gasteiger partial charge in [-0.15, -0.1) is 0 Å². The van der Waals surface area contributed by atoms with Gasteiger partial charge in [0, 0.05) is 6.04 Å². The Labute approximate surface area is 120 Å². The molecule has 0 radical (unpaired) electrons. The monoisotopic (exact) mass is 276 g/mol. The lowest BCUT2D eigenvalue weighted by Gasteiger charge is -2.19. The van der Waals surface area contributed by atoms with Crippen molar-refractivity contribution in [1.82, 2.24) is 9.97 Å². The molecule has 1 aliphatic rings. The molecule has 0 aliphatic heterocycles. The number of amides is 1. The summed E-state index contributed by atoms with van der Waals surface area (Å²) in [5.41, 5.74) is 5.43. The predicted octanol–water partition coefficient (Wildman–Crippen LogP) is 2.59. The van der Waals surface area contributed by atoms with E-state index in [0.717, 1.165) is 24.7 Å². The Morgan fingerprint density at radius 1 is 1.30 bits per heavy atom. The number of hydrogen-bond acceptors (Lipinski definition) is 4. The fraction of sp³-hybridized carbons (Fsp3) is 0.667. The Morgan fingerprint density at radius 3 is 2.80 bits per heavy atom. The summed E-state index contributed by atoms with van der Waals surface area (Å²) in [6, 6.07) is 0.413. The maximum absolute atomic E-state index is 11.1. The molecule has 1 fully saturated rings.